The standard InChI is InChI=1S/C17H27NO3S/c1-13-7-9-15(10-8-13)14(2)16(19)18(17(3,4)5)11-12-22(6,20)21/h7-10,14H,11-12H2,1-6H3/t14-/m1/s1. The second-order valence-electron chi connectivity index (χ2n) is 6.92. The maximum Gasteiger partial charge on any atom is 0.230 e. The van der Waals surface area contributed by atoms with Crippen molar-refractivity contribution >= 4 is 15.7 Å². The third-order valence-corrected chi connectivity index (χ3v) is 4.63. The van der Waals surface area contributed by atoms with Crippen LogP contribution in [0.1, 0.15) is 44.7 Å². The summed E-state index contributed by atoms with van der Waals surface area (Å²) >= 11 is 0. The molecule has 0 heterocycles. The van der Waals surface area contributed by atoms with Gasteiger partial charge in [-0.2, -0.15) is 0 Å². The molecule has 1 aromatic carbocycles. The minimum atomic E-state index is -3.10. The maximum absolute atomic E-state index is 12.8. The summed E-state index contributed by atoms with van der Waals surface area (Å²) in [6.07, 6.45) is 1.20. The first-order chi connectivity index (χ1) is 9.92. The van der Waals surface area contributed by atoms with E-state index in [-0.39, 0.29) is 24.1 Å². The Labute approximate surface area is 134 Å². The summed E-state index contributed by atoms with van der Waals surface area (Å²) in [6, 6.07) is 7.87. The lowest BCUT2D eigenvalue weighted by molar-refractivity contribution is -0.136. The summed E-state index contributed by atoms with van der Waals surface area (Å²) in [7, 11) is -3.10. The van der Waals surface area contributed by atoms with Crippen LogP contribution in [0.25, 0.3) is 0 Å². The van der Waals surface area contributed by atoms with Crippen LogP contribution < -0.4 is 0 Å². The van der Waals surface area contributed by atoms with E-state index in [2.05, 4.69) is 0 Å². The molecule has 0 unspecified atom stereocenters. The molecule has 0 bridgehead atoms. The van der Waals surface area contributed by atoms with Crippen LogP contribution in [0.4, 0.5) is 0 Å². The van der Waals surface area contributed by atoms with E-state index in [1.165, 1.54) is 6.26 Å². The van der Waals surface area contributed by atoms with E-state index in [0.717, 1.165) is 11.1 Å². The molecule has 4 nitrogen and oxygen atoms in total. The van der Waals surface area contributed by atoms with E-state index in [9.17, 15) is 13.2 Å². The average Bonchev–Trinajstić information content (AvgIpc) is 2.35. The highest BCUT2D eigenvalue weighted by atomic mass is 32.2. The second-order valence-corrected chi connectivity index (χ2v) is 9.18. The van der Waals surface area contributed by atoms with Gasteiger partial charge in [0.05, 0.1) is 11.7 Å². The molecule has 1 aromatic rings. The maximum atomic E-state index is 12.8. The van der Waals surface area contributed by atoms with Crippen LogP contribution in [-0.4, -0.2) is 43.3 Å². The first-order valence-electron chi connectivity index (χ1n) is 7.47. The molecule has 0 aromatic heterocycles. The third-order valence-electron chi connectivity index (χ3n) is 3.71. The van der Waals surface area contributed by atoms with E-state index in [1.54, 1.807) is 4.90 Å². The second kappa shape index (κ2) is 6.82. The predicted octanol–water partition coefficient (Wildman–Crippen LogP) is 2.77. The molecule has 0 aliphatic carbocycles. The van der Waals surface area contributed by atoms with Crippen molar-refractivity contribution in [1.29, 1.82) is 0 Å². The van der Waals surface area contributed by atoms with Crippen LogP contribution in [0.15, 0.2) is 24.3 Å². The first kappa shape index (κ1) is 18.7. The Morgan fingerprint density at radius 3 is 2.09 bits per heavy atom. The van der Waals surface area contributed by atoms with Gasteiger partial charge in [0.2, 0.25) is 5.91 Å². The van der Waals surface area contributed by atoms with Crippen molar-refractivity contribution in [3.63, 3.8) is 0 Å². The predicted molar refractivity (Wildman–Crippen MR) is 90.8 cm³/mol. The SMILES string of the molecule is Cc1ccc([C@@H](C)C(=O)N(CCS(C)(=O)=O)C(C)(C)C)cc1. The highest BCUT2D eigenvalue weighted by molar-refractivity contribution is 7.90. The largest absolute Gasteiger partial charge is 0.336 e. The van der Waals surface area contributed by atoms with Gasteiger partial charge in [-0.05, 0) is 40.2 Å². The van der Waals surface area contributed by atoms with Gasteiger partial charge in [-0.3, -0.25) is 4.79 Å². The zero-order valence-corrected chi connectivity index (χ0v) is 15.2. The monoisotopic (exact) mass is 325 g/mol. The molecule has 0 fully saturated rings. The van der Waals surface area contributed by atoms with Gasteiger partial charge in [0.15, 0.2) is 0 Å². The number of aryl methyl sites for hydroxylation is 1. The van der Waals surface area contributed by atoms with Crippen LogP contribution >= 0.6 is 0 Å². The Balaban J connectivity index is 2.98. The molecule has 0 radical (unpaired) electrons. The molecule has 1 atom stereocenters. The van der Waals surface area contributed by atoms with Crippen LogP contribution in [0.5, 0.6) is 0 Å². The van der Waals surface area contributed by atoms with E-state index < -0.39 is 15.4 Å². The van der Waals surface area contributed by atoms with Crippen LogP contribution in [-0.2, 0) is 14.6 Å². The summed E-state index contributed by atoms with van der Waals surface area (Å²) < 4.78 is 22.8. The molecule has 0 saturated heterocycles. The van der Waals surface area contributed by atoms with Crippen LogP contribution in [0.3, 0.4) is 0 Å². The number of rotatable bonds is 5. The normalized spacial score (nSPS) is 13.7. The smallest absolute Gasteiger partial charge is 0.230 e. The summed E-state index contributed by atoms with van der Waals surface area (Å²) in [6.45, 7) is 9.87. The Morgan fingerprint density at radius 1 is 1.18 bits per heavy atom. The van der Waals surface area contributed by atoms with Gasteiger partial charge in [-0.25, -0.2) is 8.42 Å². The number of benzene rings is 1. The number of carbonyl (C=O) groups excluding carboxylic acids is 1. The molecular weight excluding hydrogens is 298 g/mol. The van der Waals surface area contributed by atoms with Gasteiger partial charge < -0.3 is 4.90 Å². The molecule has 0 spiro atoms. The number of sulfone groups is 1. The van der Waals surface area contributed by atoms with Gasteiger partial charge in [0, 0.05) is 18.3 Å². The van der Waals surface area contributed by atoms with Crippen molar-refractivity contribution in [3.8, 4) is 0 Å². The number of carbonyl (C=O) groups is 1. The molecule has 1 rings (SSSR count). The van der Waals surface area contributed by atoms with E-state index in [0.29, 0.717) is 0 Å². The Bertz CT molecular complexity index is 612. The molecule has 0 aliphatic heterocycles. The third kappa shape index (κ3) is 5.44. The number of hydrogen-bond donors (Lipinski definition) is 0. The molecular formula is C17H27NO3S. The van der Waals surface area contributed by atoms with Crippen molar-refractivity contribution < 1.29 is 13.2 Å². The zero-order chi connectivity index (χ0) is 17.1. The number of nitrogens with zero attached hydrogens (tertiary/aromatic N) is 1. The summed E-state index contributed by atoms with van der Waals surface area (Å²) in [4.78, 5) is 14.5. The first-order valence-corrected chi connectivity index (χ1v) is 9.53. The highest BCUT2D eigenvalue weighted by Gasteiger charge is 2.30. The topological polar surface area (TPSA) is 54.5 Å². The van der Waals surface area contributed by atoms with Crippen molar-refractivity contribution in [3.05, 3.63) is 35.4 Å². The van der Waals surface area contributed by atoms with E-state index in [1.807, 2.05) is 58.9 Å². The number of hydrogen-bond acceptors (Lipinski definition) is 3. The van der Waals surface area contributed by atoms with E-state index in [4.69, 9.17) is 0 Å². The molecule has 1 amide bonds. The lowest BCUT2D eigenvalue weighted by atomic mass is 9.96. The quantitative estimate of drug-likeness (QED) is 0.836. The Kier molecular flexibility index (Phi) is 5.79. The molecule has 22 heavy (non-hydrogen) atoms. The van der Waals surface area contributed by atoms with Crippen molar-refractivity contribution in [2.45, 2.75) is 46.1 Å². The molecule has 0 saturated carbocycles. The summed E-state index contributed by atoms with van der Waals surface area (Å²) in [5.74, 6) is -0.351. The highest BCUT2D eigenvalue weighted by Crippen LogP contribution is 2.23. The van der Waals surface area contributed by atoms with Gasteiger partial charge in [0.1, 0.15) is 9.84 Å². The Morgan fingerprint density at radius 2 is 1.68 bits per heavy atom. The van der Waals surface area contributed by atoms with Crippen LogP contribution in [0.2, 0.25) is 0 Å². The Hall–Kier alpha value is -1.36. The summed E-state index contributed by atoms with van der Waals surface area (Å²) in [5.41, 5.74) is 1.68. The lowest BCUT2D eigenvalue weighted by Gasteiger charge is -2.37. The van der Waals surface area contributed by atoms with Gasteiger partial charge in [0.25, 0.3) is 0 Å². The van der Waals surface area contributed by atoms with Gasteiger partial charge in [-0.15, -0.1) is 0 Å². The van der Waals surface area contributed by atoms with Crippen molar-refractivity contribution in [1.82, 2.24) is 4.90 Å². The van der Waals surface area contributed by atoms with Crippen molar-refractivity contribution in [2.75, 3.05) is 18.6 Å². The fraction of sp³-hybridized carbons (Fsp3) is 0.588. The van der Waals surface area contributed by atoms with Crippen LogP contribution in [0, 0.1) is 6.92 Å². The average molecular weight is 325 g/mol. The fourth-order valence-electron chi connectivity index (χ4n) is 2.26. The number of amides is 1. The van der Waals surface area contributed by atoms with Gasteiger partial charge >= 0.3 is 0 Å². The molecule has 5 heteroatoms. The minimum absolute atomic E-state index is 0.0172. The molecule has 0 N–H and O–H groups in total. The minimum Gasteiger partial charge on any atom is -0.336 e. The molecule has 124 valence electrons. The zero-order valence-electron chi connectivity index (χ0n) is 14.4. The van der Waals surface area contributed by atoms with E-state index >= 15 is 0 Å². The summed E-state index contributed by atoms with van der Waals surface area (Å²) in [5, 5.41) is 0. The fourth-order valence-corrected chi connectivity index (χ4v) is 2.78. The van der Waals surface area contributed by atoms with Crippen molar-refractivity contribution in [2.24, 2.45) is 0 Å². The van der Waals surface area contributed by atoms with Gasteiger partial charge in [-0.1, -0.05) is 29.8 Å². The molecule has 0 aliphatic rings. The lowest BCUT2D eigenvalue weighted by Crippen LogP contribution is -2.49.